The highest BCUT2D eigenvalue weighted by Crippen LogP contribution is 2.26. The van der Waals surface area contributed by atoms with Crippen molar-refractivity contribution in [3.8, 4) is 5.75 Å². The molecule has 30 heavy (non-hydrogen) atoms. The summed E-state index contributed by atoms with van der Waals surface area (Å²) in [5.74, 6) is 1.46. The number of oxime groups is 1. The molecule has 4 rings (SSSR count). The minimum absolute atomic E-state index is 0.374. The van der Waals surface area contributed by atoms with Gasteiger partial charge < -0.3 is 9.57 Å². The fraction of sp³-hybridized carbons (Fsp3) is 0.190. The number of fused-ring (bicyclic) bond motifs is 1. The molecule has 0 bridgehead atoms. The molecular formula is C21H19ClN4O2S2. The second-order valence-corrected chi connectivity index (χ2v) is 8.84. The lowest BCUT2D eigenvalue weighted by atomic mass is 10.2. The lowest BCUT2D eigenvalue weighted by Gasteiger charge is -2.07. The van der Waals surface area contributed by atoms with Gasteiger partial charge in [0.1, 0.15) is 24.4 Å². The smallest absolute Gasteiger partial charge is 0.212 e. The number of aryl methyl sites for hydroxylation is 1. The molecule has 154 valence electrons. The van der Waals surface area contributed by atoms with Crippen LogP contribution in [0.25, 0.3) is 4.96 Å². The van der Waals surface area contributed by atoms with Gasteiger partial charge in [-0.25, -0.2) is 9.50 Å². The highest BCUT2D eigenvalue weighted by atomic mass is 35.5. The largest absolute Gasteiger partial charge is 0.497 e. The topological polar surface area (TPSA) is 61.0 Å². The molecule has 2 aromatic heterocycles. The number of hydrogen-bond donors (Lipinski definition) is 0. The van der Waals surface area contributed by atoms with E-state index in [0.29, 0.717) is 12.4 Å². The summed E-state index contributed by atoms with van der Waals surface area (Å²) < 4.78 is 7.02. The van der Waals surface area contributed by atoms with Crippen molar-refractivity contribution >= 4 is 45.4 Å². The van der Waals surface area contributed by atoms with Crippen molar-refractivity contribution in [1.29, 1.82) is 0 Å². The third kappa shape index (κ3) is 4.77. The average Bonchev–Trinajstić information content (AvgIpc) is 3.35. The molecule has 2 heterocycles. The monoisotopic (exact) mass is 458 g/mol. The number of nitrogens with zero attached hydrogens (tertiary/aromatic N) is 4. The fourth-order valence-electron chi connectivity index (χ4n) is 2.78. The summed E-state index contributed by atoms with van der Waals surface area (Å²) >= 11 is 9.22. The number of ether oxygens (including phenoxy) is 1. The molecule has 0 amide bonds. The van der Waals surface area contributed by atoms with Gasteiger partial charge in [0.15, 0.2) is 0 Å². The van der Waals surface area contributed by atoms with Crippen molar-refractivity contribution in [3.05, 3.63) is 76.0 Å². The molecule has 4 aromatic rings. The molecule has 0 unspecified atom stereocenters. The van der Waals surface area contributed by atoms with E-state index in [9.17, 15) is 0 Å². The van der Waals surface area contributed by atoms with Crippen LogP contribution in [0.4, 0.5) is 0 Å². The maximum absolute atomic E-state index is 5.99. The number of rotatable bonds is 8. The Balaban J connectivity index is 1.53. The van der Waals surface area contributed by atoms with Gasteiger partial charge in [-0.2, -0.15) is 5.10 Å². The molecule has 6 nitrogen and oxygen atoms in total. The van der Waals surface area contributed by atoms with E-state index in [1.165, 1.54) is 0 Å². The first-order valence-electron chi connectivity index (χ1n) is 9.13. The van der Waals surface area contributed by atoms with Crippen molar-refractivity contribution in [1.82, 2.24) is 14.6 Å². The van der Waals surface area contributed by atoms with Gasteiger partial charge in [-0.3, -0.25) is 0 Å². The van der Waals surface area contributed by atoms with E-state index < -0.39 is 0 Å². The number of halogens is 1. The number of aromatic nitrogens is 3. The van der Waals surface area contributed by atoms with Crippen LogP contribution in [0.2, 0.25) is 5.02 Å². The molecule has 0 spiro atoms. The van der Waals surface area contributed by atoms with Gasteiger partial charge in [0, 0.05) is 15.7 Å². The van der Waals surface area contributed by atoms with Crippen LogP contribution in [0, 0.1) is 6.92 Å². The fourth-order valence-corrected chi connectivity index (χ4v) is 4.84. The minimum Gasteiger partial charge on any atom is -0.497 e. The molecular weight excluding hydrogens is 440 g/mol. The van der Waals surface area contributed by atoms with E-state index in [-0.39, 0.29) is 0 Å². The van der Waals surface area contributed by atoms with Crippen molar-refractivity contribution in [3.63, 3.8) is 0 Å². The van der Waals surface area contributed by atoms with Crippen LogP contribution in [0.1, 0.15) is 16.1 Å². The van der Waals surface area contributed by atoms with E-state index in [0.717, 1.165) is 42.5 Å². The predicted molar refractivity (Wildman–Crippen MR) is 122 cm³/mol. The van der Waals surface area contributed by atoms with Crippen LogP contribution < -0.4 is 4.74 Å². The number of thioether (sulfide) groups is 1. The van der Waals surface area contributed by atoms with E-state index >= 15 is 0 Å². The summed E-state index contributed by atoms with van der Waals surface area (Å²) in [6.07, 6.45) is 1.56. The number of thiazole rings is 1. The SMILES string of the molecule is COc1ccc(CO/N=C(/CSc2ccc(Cl)cc2)c2sc3ncnn3c2C)cc1. The average molecular weight is 459 g/mol. The molecule has 0 saturated carbocycles. The zero-order valence-electron chi connectivity index (χ0n) is 16.4. The third-order valence-electron chi connectivity index (χ3n) is 4.37. The molecule has 0 N–H and O–H groups in total. The van der Waals surface area contributed by atoms with Gasteiger partial charge in [-0.1, -0.05) is 40.2 Å². The van der Waals surface area contributed by atoms with Crippen LogP contribution in [-0.4, -0.2) is 33.2 Å². The van der Waals surface area contributed by atoms with Gasteiger partial charge >= 0.3 is 0 Å². The molecule has 0 fully saturated rings. The van der Waals surface area contributed by atoms with Crippen LogP contribution in [0.5, 0.6) is 5.75 Å². The predicted octanol–water partition coefficient (Wildman–Crippen LogP) is 5.47. The molecule has 0 aliphatic heterocycles. The van der Waals surface area contributed by atoms with Crippen molar-refractivity contribution in [2.24, 2.45) is 5.16 Å². The van der Waals surface area contributed by atoms with E-state index in [1.54, 1.807) is 36.5 Å². The maximum atomic E-state index is 5.99. The molecule has 0 saturated heterocycles. The Morgan fingerprint density at radius 1 is 1.17 bits per heavy atom. The van der Waals surface area contributed by atoms with Crippen LogP contribution in [0.15, 0.2) is 64.9 Å². The van der Waals surface area contributed by atoms with Gasteiger partial charge in [0.25, 0.3) is 0 Å². The summed E-state index contributed by atoms with van der Waals surface area (Å²) in [5, 5.41) is 9.48. The highest BCUT2D eigenvalue weighted by Gasteiger charge is 2.17. The summed E-state index contributed by atoms with van der Waals surface area (Å²) in [6.45, 7) is 2.39. The molecule has 9 heteroatoms. The van der Waals surface area contributed by atoms with Crippen LogP contribution >= 0.6 is 34.7 Å². The standard InChI is InChI=1S/C21H19ClN4O2S2/c1-14-20(30-21-23-13-24-26(14)21)19(12-29-18-9-5-16(22)6-10-18)25-28-11-15-3-7-17(27-2)8-4-15/h3-10,13H,11-12H2,1-2H3/b25-19-. The van der Waals surface area contributed by atoms with E-state index in [2.05, 4.69) is 15.2 Å². The quantitative estimate of drug-likeness (QED) is 0.199. The molecule has 0 aliphatic carbocycles. The molecule has 0 atom stereocenters. The number of benzene rings is 2. The third-order valence-corrected chi connectivity index (χ3v) is 6.84. The Morgan fingerprint density at radius 3 is 2.63 bits per heavy atom. The van der Waals surface area contributed by atoms with Gasteiger partial charge in [-0.05, 0) is 48.9 Å². The Bertz CT molecular complexity index is 1150. The summed E-state index contributed by atoms with van der Waals surface area (Å²) in [7, 11) is 1.65. The lowest BCUT2D eigenvalue weighted by Crippen LogP contribution is -2.07. The van der Waals surface area contributed by atoms with Crippen molar-refractivity contribution in [2.75, 3.05) is 12.9 Å². The van der Waals surface area contributed by atoms with Crippen molar-refractivity contribution in [2.45, 2.75) is 18.4 Å². The highest BCUT2D eigenvalue weighted by molar-refractivity contribution is 8.00. The summed E-state index contributed by atoms with van der Waals surface area (Å²) in [4.78, 5) is 13.0. The number of hydrogen-bond acceptors (Lipinski definition) is 7. The van der Waals surface area contributed by atoms with Crippen LogP contribution in [-0.2, 0) is 11.4 Å². The van der Waals surface area contributed by atoms with E-state index in [1.807, 2.05) is 60.0 Å². The first-order valence-corrected chi connectivity index (χ1v) is 11.3. The van der Waals surface area contributed by atoms with Gasteiger partial charge in [0.2, 0.25) is 4.96 Å². The molecule has 0 radical (unpaired) electrons. The molecule has 2 aromatic carbocycles. The summed E-state index contributed by atoms with van der Waals surface area (Å²) in [6, 6.07) is 15.5. The second kappa shape index (κ2) is 9.51. The summed E-state index contributed by atoms with van der Waals surface area (Å²) in [5.41, 5.74) is 2.86. The minimum atomic E-state index is 0.374. The molecule has 0 aliphatic rings. The van der Waals surface area contributed by atoms with Gasteiger partial charge in [0.05, 0.1) is 17.7 Å². The zero-order chi connectivity index (χ0) is 20.9. The Kier molecular flexibility index (Phi) is 6.56. The Hall–Kier alpha value is -2.55. The van der Waals surface area contributed by atoms with Crippen LogP contribution in [0.3, 0.4) is 0 Å². The lowest BCUT2D eigenvalue weighted by molar-refractivity contribution is 0.130. The first kappa shape index (κ1) is 20.7. The Morgan fingerprint density at radius 2 is 1.93 bits per heavy atom. The van der Waals surface area contributed by atoms with E-state index in [4.69, 9.17) is 21.2 Å². The Labute approximate surface area is 187 Å². The normalized spacial score (nSPS) is 11.8. The maximum Gasteiger partial charge on any atom is 0.212 e. The van der Waals surface area contributed by atoms with Crippen molar-refractivity contribution < 1.29 is 9.57 Å². The van der Waals surface area contributed by atoms with Gasteiger partial charge in [-0.15, -0.1) is 11.8 Å². The first-order chi connectivity index (χ1) is 14.6. The second-order valence-electron chi connectivity index (χ2n) is 6.37. The zero-order valence-corrected chi connectivity index (χ0v) is 18.8. The number of methoxy groups -OCH3 is 1.